The van der Waals surface area contributed by atoms with Gasteiger partial charge in [0, 0.05) is 30.7 Å². The number of aryl methyl sites for hydroxylation is 3. The number of tetrazole rings is 1. The van der Waals surface area contributed by atoms with Crippen LogP contribution in [0.5, 0.6) is 0 Å². The molecule has 3 aromatic carbocycles. The topological polar surface area (TPSA) is 79.7 Å². The molecule has 0 aliphatic carbocycles. The van der Waals surface area contributed by atoms with Crippen LogP contribution in [0.2, 0.25) is 0 Å². The summed E-state index contributed by atoms with van der Waals surface area (Å²) in [6.45, 7) is 4.61. The third kappa shape index (κ3) is 5.93. The minimum Gasteiger partial charge on any atom is -0.322 e. The van der Waals surface area contributed by atoms with Gasteiger partial charge in [-0.25, -0.2) is 4.68 Å². The highest BCUT2D eigenvalue weighted by atomic mass is 16.1. The molecule has 0 spiro atoms. The molecule has 7 heteroatoms. The molecule has 0 atom stereocenters. The van der Waals surface area contributed by atoms with Crippen molar-refractivity contribution >= 4 is 10.9 Å². The van der Waals surface area contributed by atoms with E-state index < -0.39 is 0 Å². The van der Waals surface area contributed by atoms with Gasteiger partial charge < -0.3 is 4.98 Å². The number of hydrogen-bond acceptors (Lipinski definition) is 5. The van der Waals surface area contributed by atoms with E-state index in [0.717, 1.165) is 41.7 Å². The third-order valence-corrected chi connectivity index (χ3v) is 6.46. The molecule has 0 saturated heterocycles. The van der Waals surface area contributed by atoms with Crippen molar-refractivity contribution in [1.29, 1.82) is 0 Å². The molecule has 0 unspecified atom stereocenters. The van der Waals surface area contributed by atoms with E-state index in [9.17, 15) is 4.79 Å². The summed E-state index contributed by atoms with van der Waals surface area (Å²) in [5.74, 6) is 0.798. The van der Waals surface area contributed by atoms with Crippen molar-refractivity contribution in [3.8, 4) is 0 Å². The van der Waals surface area contributed by atoms with Crippen LogP contribution in [-0.2, 0) is 32.5 Å². The van der Waals surface area contributed by atoms with Crippen molar-refractivity contribution in [2.75, 3.05) is 6.54 Å². The number of H-pyrrole nitrogens is 1. The molecular weight excluding hydrogens is 448 g/mol. The molecular formula is C29H30N6O. The molecule has 182 valence electrons. The second kappa shape index (κ2) is 11.1. The summed E-state index contributed by atoms with van der Waals surface area (Å²) in [6, 6.07) is 28.8. The van der Waals surface area contributed by atoms with Crippen LogP contribution in [0.1, 0.15) is 28.1 Å². The number of nitrogens with zero attached hydrogens (tertiary/aromatic N) is 5. The number of aromatic amines is 1. The Morgan fingerprint density at radius 2 is 1.58 bits per heavy atom. The van der Waals surface area contributed by atoms with Gasteiger partial charge in [-0.3, -0.25) is 9.69 Å². The van der Waals surface area contributed by atoms with Crippen LogP contribution in [0.3, 0.4) is 0 Å². The van der Waals surface area contributed by atoms with Gasteiger partial charge in [0.15, 0.2) is 5.82 Å². The van der Waals surface area contributed by atoms with Crippen molar-refractivity contribution in [2.24, 2.45) is 0 Å². The summed E-state index contributed by atoms with van der Waals surface area (Å²) in [5.41, 5.74) is 5.21. The van der Waals surface area contributed by atoms with Gasteiger partial charge in [0.1, 0.15) is 0 Å². The zero-order chi connectivity index (χ0) is 24.7. The maximum absolute atomic E-state index is 12.9. The minimum absolute atomic E-state index is 0.0558. The highest BCUT2D eigenvalue weighted by molar-refractivity contribution is 5.79. The fourth-order valence-electron chi connectivity index (χ4n) is 4.47. The van der Waals surface area contributed by atoms with E-state index in [1.807, 2.05) is 47.1 Å². The van der Waals surface area contributed by atoms with Crippen LogP contribution >= 0.6 is 0 Å². The Morgan fingerprint density at radius 1 is 0.861 bits per heavy atom. The van der Waals surface area contributed by atoms with Crippen LogP contribution in [0.15, 0.2) is 89.7 Å². The first kappa shape index (κ1) is 23.6. The Kier molecular flexibility index (Phi) is 7.28. The lowest BCUT2D eigenvalue weighted by Crippen LogP contribution is -2.30. The van der Waals surface area contributed by atoms with Crippen molar-refractivity contribution in [1.82, 2.24) is 30.1 Å². The number of hydrogen-bond donors (Lipinski definition) is 1. The summed E-state index contributed by atoms with van der Waals surface area (Å²) >= 11 is 0. The molecule has 7 nitrogen and oxygen atoms in total. The molecule has 0 fully saturated rings. The molecule has 2 heterocycles. The number of aromatic nitrogens is 5. The Labute approximate surface area is 210 Å². The van der Waals surface area contributed by atoms with Gasteiger partial charge in [-0.2, -0.15) is 0 Å². The Morgan fingerprint density at radius 3 is 2.33 bits per heavy atom. The van der Waals surface area contributed by atoms with E-state index >= 15 is 0 Å². The molecule has 0 amide bonds. The quantitative estimate of drug-likeness (QED) is 0.324. The Bertz CT molecular complexity index is 1480. The zero-order valence-corrected chi connectivity index (χ0v) is 20.5. The minimum atomic E-state index is -0.0558. The van der Waals surface area contributed by atoms with E-state index in [2.05, 4.69) is 74.8 Å². The van der Waals surface area contributed by atoms with Crippen molar-refractivity contribution < 1.29 is 0 Å². The number of nitrogens with one attached hydrogen (secondary N) is 1. The van der Waals surface area contributed by atoms with Crippen LogP contribution in [0.4, 0.5) is 0 Å². The number of benzene rings is 3. The molecule has 0 saturated carbocycles. The van der Waals surface area contributed by atoms with Gasteiger partial charge in [-0.15, -0.1) is 5.10 Å². The highest BCUT2D eigenvalue weighted by Gasteiger charge is 2.15. The number of pyridine rings is 1. The van der Waals surface area contributed by atoms with Crippen LogP contribution in [-0.4, -0.2) is 36.6 Å². The molecule has 5 aromatic rings. The predicted molar refractivity (Wildman–Crippen MR) is 142 cm³/mol. The number of rotatable bonds is 10. The van der Waals surface area contributed by atoms with E-state index in [1.165, 1.54) is 16.7 Å². The van der Waals surface area contributed by atoms with Crippen LogP contribution in [0.25, 0.3) is 10.9 Å². The maximum atomic E-state index is 12.9. The van der Waals surface area contributed by atoms with Gasteiger partial charge in [-0.1, -0.05) is 72.3 Å². The fraction of sp³-hybridized carbons (Fsp3) is 0.241. The Balaban J connectivity index is 1.37. The largest absolute Gasteiger partial charge is 0.322 e. The standard InChI is InChI=1S/C29H30N6O/c1-22-12-13-27-25(18-22)19-26(29(36)30-27)20-34(16-14-23-8-4-2-5-9-23)21-28-31-32-33-35(28)17-15-24-10-6-3-7-11-24/h2-13,18-19H,14-17,20-21H2,1H3,(H,30,36). The van der Waals surface area contributed by atoms with Gasteiger partial charge in [0.2, 0.25) is 0 Å². The van der Waals surface area contributed by atoms with E-state index in [1.54, 1.807) is 0 Å². The van der Waals surface area contributed by atoms with Gasteiger partial charge >= 0.3 is 0 Å². The first-order valence-electron chi connectivity index (χ1n) is 12.3. The normalized spacial score (nSPS) is 11.4. The maximum Gasteiger partial charge on any atom is 0.252 e. The molecule has 36 heavy (non-hydrogen) atoms. The smallest absolute Gasteiger partial charge is 0.252 e. The van der Waals surface area contributed by atoms with Gasteiger partial charge in [0.25, 0.3) is 5.56 Å². The van der Waals surface area contributed by atoms with Crippen molar-refractivity contribution in [3.63, 3.8) is 0 Å². The highest BCUT2D eigenvalue weighted by Crippen LogP contribution is 2.15. The SMILES string of the molecule is Cc1ccc2[nH]c(=O)c(CN(CCc3ccccc3)Cc3nnnn3CCc3ccccc3)cc2c1. The van der Waals surface area contributed by atoms with Crippen LogP contribution < -0.4 is 5.56 Å². The summed E-state index contributed by atoms with van der Waals surface area (Å²) in [7, 11) is 0. The predicted octanol–water partition coefficient (Wildman–Crippen LogP) is 4.31. The Hall–Kier alpha value is -4.10. The first-order valence-corrected chi connectivity index (χ1v) is 12.3. The number of fused-ring (bicyclic) bond motifs is 1. The summed E-state index contributed by atoms with van der Waals surface area (Å²) in [4.78, 5) is 18.2. The second-order valence-electron chi connectivity index (χ2n) is 9.21. The van der Waals surface area contributed by atoms with Gasteiger partial charge in [-0.05, 0) is 64.9 Å². The summed E-state index contributed by atoms with van der Waals surface area (Å²) in [5, 5.41) is 13.6. The van der Waals surface area contributed by atoms with E-state index in [-0.39, 0.29) is 5.56 Å². The van der Waals surface area contributed by atoms with Crippen molar-refractivity contribution in [3.05, 3.63) is 123 Å². The molecule has 2 aromatic heterocycles. The zero-order valence-electron chi connectivity index (χ0n) is 20.5. The third-order valence-electron chi connectivity index (χ3n) is 6.46. The molecule has 0 radical (unpaired) electrons. The summed E-state index contributed by atoms with van der Waals surface area (Å²) in [6.07, 6.45) is 1.73. The van der Waals surface area contributed by atoms with Gasteiger partial charge in [0.05, 0.1) is 6.54 Å². The average molecular weight is 479 g/mol. The van der Waals surface area contributed by atoms with E-state index in [0.29, 0.717) is 19.6 Å². The fourth-order valence-corrected chi connectivity index (χ4v) is 4.47. The lowest BCUT2D eigenvalue weighted by atomic mass is 10.1. The second-order valence-corrected chi connectivity index (χ2v) is 9.21. The molecule has 5 rings (SSSR count). The molecule has 0 aliphatic heterocycles. The lowest BCUT2D eigenvalue weighted by Gasteiger charge is -2.22. The van der Waals surface area contributed by atoms with Crippen LogP contribution in [0, 0.1) is 6.92 Å². The average Bonchev–Trinajstić information content (AvgIpc) is 3.34. The summed E-state index contributed by atoms with van der Waals surface area (Å²) < 4.78 is 1.87. The van der Waals surface area contributed by atoms with E-state index in [4.69, 9.17) is 0 Å². The van der Waals surface area contributed by atoms with Crippen molar-refractivity contribution in [2.45, 2.75) is 39.4 Å². The molecule has 0 bridgehead atoms. The molecule has 1 N–H and O–H groups in total. The molecule has 0 aliphatic rings. The monoisotopic (exact) mass is 478 g/mol. The lowest BCUT2D eigenvalue weighted by molar-refractivity contribution is 0.247. The first-order chi connectivity index (χ1) is 17.6.